The fraction of sp³-hybridized carbons (Fsp3) is 0.600. The zero-order valence-electron chi connectivity index (χ0n) is 10.7. The maximum atomic E-state index is 6.27. The molecule has 0 amide bonds. The van der Waals surface area contributed by atoms with Gasteiger partial charge in [0.15, 0.2) is 0 Å². The van der Waals surface area contributed by atoms with Gasteiger partial charge < -0.3 is 5.73 Å². The monoisotopic (exact) mass is 217 g/mol. The highest BCUT2D eigenvalue weighted by atomic mass is 14.7. The van der Waals surface area contributed by atoms with Crippen LogP contribution in [0.25, 0.3) is 0 Å². The molecule has 0 heterocycles. The molecule has 1 fully saturated rings. The maximum Gasteiger partial charge on any atom is 0.0108 e. The van der Waals surface area contributed by atoms with Crippen LogP contribution < -0.4 is 5.73 Å². The molecule has 2 atom stereocenters. The molecule has 2 unspecified atom stereocenters. The zero-order valence-corrected chi connectivity index (χ0v) is 10.7. The van der Waals surface area contributed by atoms with Crippen LogP contribution in [0.1, 0.15) is 53.9 Å². The van der Waals surface area contributed by atoms with E-state index in [1.165, 1.54) is 47.9 Å². The van der Waals surface area contributed by atoms with Gasteiger partial charge in [-0.2, -0.15) is 0 Å². The van der Waals surface area contributed by atoms with E-state index in [0.717, 1.165) is 0 Å². The van der Waals surface area contributed by atoms with E-state index in [-0.39, 0.29) is 0 Å². The third-order valence-corrected chi connectivity index (χ3v) is 4.10. The zero-order chi connectivity index (χ0) is 11.7. The van der Waals surface area contributed by atoms with Crippen LogP contribution in [0.2, 0.25) is 0 Å². The lowest BCUT2D eigenvalue weighted by molar-refractivity contribution is 0.384. The van der Waals surface area contributed by atoms with Gasteiger partial charge in [0.1, 0.15) is 0 Å². The topological polar surface area (TPSA) is 26.0 Å². The number of nitrogens with two attached hydrogens (primary N) is 1. The Hall–Kier alpha value is -0.820. The smallest absolute Gasteiger partial charge is 0.0108 e. The molecule has 0 bridgehead atoms. The lowest BCUT2D eigenvalue weighted by atomic mass is 9.78. The fourth-order valence-corrected chi connectivity index (χ4v) is 2.93. The summed E-state index contributed by atoms with van der Waals surface area (Å²) in [4.78, 5) is 0. The van der Waals surface area contributed by atoms with Crippen molar-refractivity contribution in [2.75, 3.05) is 0 Å². The average Bonchev–Trinajstić information content (AvgIpc) is 2.25. The Balaban J connectivity index is 2.35. The lowest BCUT2D eigenvalue weighted by Crippen LogP contribution is -2.31. The number of hydrogen-bond acceptors (Lipinski definition) is 1. The van der Waals surface area contributed by atoms with E-state index in [0.29, 0.717) is 12.0 Å². The fourth-order valence-electron chi connectivity index (χ4n) is 2.93. The second-order valence-electron chi connectivity index (χ2n) is 5.35. The van der Waals surface area contributed by atoms with Crippen molar-refractivity contribution in [3.63, 3.8) is 0 Å². The van der Waals surface area contributed by atoms with Crippen LogP contribution in [-0.2, 0) is 0 Å². The van der Waals surface area contributed by atoms with Crippen molar-refractivity contribution in [1.29, 1.82) is 0 Å². The first kappa shape index (κ1) is 11.7. The van der Waals surface area contributed by atoms with Crippen LogP contribution in [0.15, 0.2) is 12.1 Å². The molecule has 16 heavy (non-hydrogen) atoms. The lowest BCUT2D eigenvalue weighted by Gasteiger charge is -2.30. The van der Waals surface area contributed by atoms with Crippen molar-refractivity contribution < 1.29 is 0 Å². The molecule has 88 valence electrons. The third kappa shape index (κ3) is 2.15. The summed E-state index contributed by atoms with van der Waals surface area (Å²) in [7, 11) is 0. The first-order chi connectivity index (χ1) is 7.59. The van der Waals surface area contributed by atoms with E-state index >= 15 is 0 Å². The minimum Gasteiger partial charge on any atom is -0.327 e. The summed E-state index contributed by atoms with van der Waals surface area (Å²) in [6.07, 6.45) is 5.10. The van der Waals surface area contributed by atoms with E-state index in [1.54, 1.807) is 0 Å². The molecule has 0 saturated heterocycles. The highest BCUT2D eigenvalue weighted by Gasteiger charge is 2.24. The number of rotatable bonds is 1. The van der Waals surface area contributed by atoms with Gasteiger partial charge in [-0.25, -0.2) is 0 Å². The van der Waals surface area contributed by atoms with Crippen molar-refractivity contribution in [2.45, 2.75) is 58.4 Å². The molecule has 1 nitrogen and oxygen atoms in total. The summed E-state index contributed by atoms with van der Waals surface area (Å²) in [5.74, 6) is 0.591. The second kappa shape index (κ2) is 4.58. The Morgan fingerprint density at radius 1 is 0.938 bits per heavy atom. The molecular formula is C15H23N. The second-order valence-corrected chi connectivity index (χ2v) is 5.35. The van der Waals surface area contributed by atoms with E-state index in [2.05, 4.69) is 32.9 Å². The Labute approximate surface area is 99.0 Å². The van der Waals surface area contributed by atoms with E-state index < -0.39 is 0 Å². The first-order valence-corrected chi connectivity index (χ1v) is 6.43. The molecule has 1 aromatic carbocycles. The van der Waals surface area contributed by atoms with Crippen molar-refractivity contribution in [3.8, 4) is 0 Å². The molecule has 1 saturated carbocycles. The Morgan fingerprint density at radius 3 is 2.25 bits per heavy atom. The van der Waals surface area contributed by atoms with Crippen LogP contribution in [-0.4, -0.2) is 6.04 Å². The van der Waals surface area contributed by atoms with Crippen LogP contribution in [0.5, 0.6) is 0 Å². The van der Waals surface area contributed by atoms with Gasteiger partial charge in [0.05, 0.1) is 0 Å². The van der Waals surface area contributed by atoms with E-state index in [9.17, 15) is 0 Å². The highest BCUT2D eigenvalue weighted by Crippen LogP contribution is 2.34. The SMILES string of the molecule is Cc1cc(C)c(C2CCCCC2N)cc1C. The first-order valence-electron chi connectivity index (χ1n) is 6.43. The van der Waals surface area contributed by atoms with Crippen molar-refractivity contribution in [1.82, 2.24) is 0 Å². The molecule has 2 N–H and O–H groups in total. The molecule has 2 rings (SSSR count). The molecule has 1 aliphatic carbocycles. The minimum absolute atomic E-state index is 0.370. The predicted molar refractivity (Wildman–Crippen MR) is 69.8 cm³/mol. The Morgan fingerprint density at radius 2 is 1.56 bits per heavy atom. The van der Waals surface area contributed by atoms with Crippen LogP contribution in [0.4, 0.5) is 0 Å². The molecule has 0 aromatic heterocycles. The molecule has 0 aliphatic heterocycles. The normalized spacial score (nSPS) is 25.8. The summed E-state index contributed by atoms with van der Waals surface area (Å²) >= 11 is 0. The largest absolute Gasteiger partial charge is 0.327 e. The summed E-state index contributed by atoms with van der Waals surface area (Å²) in [6, 6.07) is 5.04. The van der Waals surface area contributed by atoms with Gasteiger partial charge in [-0.3, -0.25) is 0 Å². The summed E-state index contributed by atoms with van der Waals surface area (Å²) < 4.78 is 0. The molecule has 1 heteroatoms. The van der Waals surface area contributed by atoms with Gasteiger partial charge in [-0.15, -0.1) is 0 Å². The van der Waals surface area contributed by atoms with Crippen molar-refractivity contribution >= 4 is 0 Å². The van der Waals surface area contributed by atoms with Gasteiger partial charge in [-0.05, 0) is 61.8 Å². The van der Waals surface area contributed by atoms with Crippen LogP contribution in [0, 0.1) is 20.8 Å². The predicted octanol–water partition coefficient (Wildman–Crippen LogP) is 3.60. The van der Waals surface area contributed by atoms with Gasteiger partial charge in [0.25, 0.3) is 0 Å². The number of benzene rings is 1. The molecular weight excluding hydrogens is 194 g/mol. The van der Waals surface area contributed by atoms with Gasteiger partial charge >= 0.3 is 0 Å². The highest BCUT2D eigenvalue weighted by molar-refractivity contribution is 5.39. The van der Waals surface area contributed by atoms with Crippen molar-refractivity contribution in [3.05, 3.63) is 34.4 Å². The van der Waals surface area contributed by atoms with Gasteiger partial charge in [0, 0.05) is 6.04 Å². The quantitative estimate of drug-likeness (QED) is 0.764. The molecule has 1 aromatic rings. The molecule has 0 radical (unpaired) electrons. The van der Waals surface area contributed by atoms with Crippen LogP contribution in [0.3, 0.4) is 0 Å². The maximum absolute atomic E-state index is 6.27. The average molecular weight is 217 g/mol. The Bertz CT molecular complexity index is 381. The van der Waals surface area contributed by atoms with E-state index in [1.807, 2.05) is 0 Å². The minimum atomic E-state index is 0.370. The summed E-state index contributed by atoms with van der Waals surface area (Å²) in [6.45, 7) is 6.61. The Kier molecular flexibility index (Phi) is 3.34. The molecule has 1 aliphatic rings. The van der Waals surface area contributed by atoms with E-state index in [4.69, 9.17) is 5.73 Å². The van der Waals surface area contributed by atoms with Gasteiger partial charge in [0.2, 0.25) is 0 Å². The summed E-state index contributed by atoms with van der Waals surface area (Å²) in [5.41, 5.74) is 12.0. The standard InChI is InChI=1S/C15H23N/c1-10-8-12(3)14(9-11(10)2)13-6-4-5-7-15(13)16/h8-9,13,15H,4-7,16H2,1-3H3. The number of aryl methyl sites for hydroxylation is 3. The third-order valence-electron chi connectivity index (χ3n) is 4.10. The van der Waals surface area contributed by atoms with Crippen LogP contribution >= 0.6 is 0 Å². The summed E-state index contributed by atoms with van der Waals surface area (Å²) in [5, 5.41) is 0. The van der Waals surface area contributed by atoms with Gasteiger partial charge in [-0.1, -0.05) is 25.0 Å². The molecule has 0 spiro atoms. The van der Waals surface area contributed by atoms with Crippen molar-refractivity contribution in [2.24, 2.45) is 5.73 Å². The number of hydrogen-bond donors (Lipinski definition) is 1.